The maximum absolute atomic E-state index is 12.0. The van der Waals surface area contributed by atoms with Crippen molar-refractivity contribution in [3.05, 3.63) is 21.7 Å². The summed E-state index contributed by atoms with van der Waals surface area (Å²) in [7, 11) is 1.81. The first kappa shape index (κ1) is 12.4. The fourth-order valence-corrected chi connectivity index (χ4v) is 2.67. The molecule has 3 nitrogen and oxygen atoms in total. The summed E-state index contributed by atoms with van der Waals surface area (Å²) in [5, 5.41) is 0. The van der Waals surface area contributed by atoms with Gasteiger partial charge in [0, 0.05) is 11.5 Å². The van der Waals surface area contributed by atoms with Crippen LogP contribution in [0.4, 0.5) is 5.69 Å². The Balaban J connectivity index is 2.69. The Morgan fingerprint density at radius 3 is 2.76 bits per heavy atom. The molecule has 4 heteroatoms. The highest BCUT2D eigenvalue weighted by Crippen LogP contribution is 2.41. The number of nitrogens with zero attached hydrogens (tertiary/aromatic N) is 1. The Kier molecular flexibility index (Phi) is 3.17. The zero-order valence-corrected chi connectivity index (χ0v) is 12.1. The van der Waals surface area contributed by atoms with Crippen molar-refractivity contribution in [2.75, 3.05) is 11.9 Å². The molecule has 0 aromatic heterocycles. The van der Waals surface area contributed by atoms with Gasteiger partial charge in [0.05, 0.1) is 12.1 Å². The van der Waals surface area contributed by atoms with Gasteiger partial charge in [0.1, 0.15) is 11.9 Å². The number of ether oxygens (including phenoxy) is 1. The van der Waals surface area contributed by atoms with Gasteiger partial charge in [0.15, 0.2) is 0 Å². The van der Waals surface area contributed by atoms with E-state index in [1.165, 1.54) is 0 Å². The predicted molar refractivity (Wildman–Crippen MR) is 71.7 cm³/mol. The van der Waals surface area contributed by atoms with E-state index in [1.807, 2.05) is 26.8 Å². The van der Waals surface area contributed by atoms with E-state index < -0.39 is 0 Å². The molecule has 1 aliphatic heterocycles. The highest BCUT2D eigenvalue weighted by Gasteiger charge is 2.27. The average molecular weight is 298 g/mol. The number of carbonyl (C=O) groups is 1. The van der Waals surface area contributed by atoms with Gasteiger partial charge in [-0.05, 0) is 38.0 Å². The molecule has 1 heterocycles. The van der Waals surface area contributed by atoms with Crippen LogP contribution in [-0.2, 0) is 4.79 Å². The summed E-state index contributed by atoms with van der Waals surface area (Å²) in [5.41, 5.74) is 2.97. The largest absolute Gasteiger partial charge is 0.488 e. The maximum Gasteiger partial charge on any atom is 0.230 e. The molecule has 0 radical (unpaired) electrons. The zero-order valence-electron chi connectivity index (χ0n) is 10.5. The van der Waals surface area contributed by atoms with Crippen molar-refractivity contribution in [2.24, 2.45) is 0 Å². The molecule has 0 fully saturated rings. The SMILES string of the molecule is Cc1cc(Br)c(C)c2c1OC(C)CC(=O)N2C. The van der Waals surface area contributed by atoms with Crippen molar-refractivity contribution in [1.29, 1.82) is 0 Å². The molecular weight excluding hydrogens is 282 g/mol. The van der Waals surface area contributed by atoms with Gasteiger partial charge in [-0.15, -0.1) is 0 Å². The number of amides is 1. The van der Waals surface area contributed by atoms with Crippen molar-refractivity contribution in [3.8, 4) is 5.75 Å². The molecule has 1 amide bonds. The van der Waals surface area contributed by atoms with E-state index in [0.717, 1.165) is 27.0 Å². The third-order valence-electron chi connectivity index (χ3n) is 3.12. The van der Waals surface area contributed by atoms with Crippen LogP contribution in [0.5, 0.6) is 5.75 Å². The first-order valence-electron chi connectivity index (χ1n) is 5.64. The monoisotopic (exact) mass is 297 g/mol. The van der Waals surface area contributed by atoms with E-state index in [1.54, 1.807) is 11.9 Å². The van der Waals surface area contributed by atoms with Crippen molar-refractivity contribution >= 4 is 27.5 Å². The molecule has 1 aliphatic rings. The van der Waals surface area contributed by atoms with Gasteiger partial charge in [0.25, 0.3) is 0 Å². The molecule has 0 saturated carbocycles. The number of anilines is 1. The summed E-state index contributed by atoms with van der Waals surface area (Å²) >= 11 is 3.52. The molecule has 1 unspecified atom stereocenters. The van der Waals surface area contributed by atoms with Gasteiger partial charge in [0.2, 0.25) is 5.91 Å². The zero-order chi connectivity index (χ0) is 12.7. The van der Waals surface area contributed by atoms with E-state index in [-0.39, 0.29) is 12.0 Å². The fourth-order valence-electron chi connectivity index (χ4n) is 2.14. The van der Waals surface area contributed by atoms with Gasteiger partial charge in [-0.3, -0.25) is 4.79 Å². The number of hydrogen-bond acceptors (Lipinski definition) is 2. The van der Waals surface area contributed by atoms with Crippen LogP contribution in [-0.4, -0.2) is 19.1 Å². The second kappa shape index (κ2) is 4.33. The minimum absolute atomic E-state index is 0.0783. The summed E-state index contributed by atoms with van der Waals surface area (Å²) in [6.45, 7) is 5.92. The highest BCUT2D eigenvalue weighted by molar-refractivity contribution is 9.10. The molecule has 1 atom stereocenters. The van der Waals surface area contributed by atoms with Crippen LogP contribution in [0.1, 0.15) is 24.5 Å². The number of carbonyl (C=O) groups excluding carboxylic acids is 1. The van der Waals surface area contributed by atoms with Gasteiger partial charge in [-0.2, -0.15) is 0 Å². The van der Waals surface area contributed by atoms with Gasteiger partial charge >= 0.3 is 0 Å². The summed E-state index contributed by atoms with van der Waals surface area (Å²) in [6, 6.07) is 2.03. The van der Waals surface area contributed by atoms with Crippen molar-refractivity contribution in [1.82, 2.24) is 0 Å². The third-order valence-corrected chi connectivity index (χ3v) is 3.94. The topological polar surface area (TPSA) is 29.5 Å². The Labute approximate surface area is 110 Å². The average Bonchev–Trinajstić information content (AvgIpc) is 2.35. The van der Waals surface area contributed by atoms with Crippen LogP contribution in [0.3, 0.4) is 0 Å². The lowest BCUT2D eigenvalue weighted by Crippen LogP contribution is -2.27. The minimum Gasteiger partial charge on any atom is -0.488 e. The molecule has 2 rings (SSSR count). The normalized spacial score (nSPS) is 19.7. The molecule has 0 aliphatic carbocycles. The standard InChI is InChI=1S/C13H16BrNO2/c1-7-5-10(14)9(3)12-13(7)17-8(2)6-11(16)15(12)4/h5,8H,6H2,1-4H3. The first-order chi connectivity index (χ1) is 7.91. The van der Waals surface area contributed by atoms with E-state index >= 15 is 0 Å². The number of fused-ring (bicyclic) bond motifs is 1. The van der Waals surface area contributed by atoms with Gasteiger partial charge in [-0.1, -0.05) is 15.9 Å². The van der Waals surface area contributed by atoms with Gasteiger partial charge < -0.3 is 9.64 Å². The predicted octanol–water partition coefficient (Wildman–Crippen LogP) is 3.20. The van der Waals surface area contributed by atoms with Crippen LogP contribution < -0.4 is 9.64 Å². The Morgan fingerprint density at radius 2 is 2.12 bits per heavy atom. The van der Waals surface area contributed by atoms with Crippen molar-refractivity contribution in [2.45, 2.75) is 33.3 Å². The number of hydrogen-bond donors (Lipinski definition) is 0. The minimum atomic E-state index is -0.0783. The van der Waals surface area contributed by atoms with Crippen LogP contribution in [0, 0.1) is 13.8 Å². The molecule has 1 aromatic carbocycles. The van der Waals surface area contributed by atoms with E-state index in [2.05, 4.69) is 15.9 Å². The fraction of sp³-hybridized carbons (Fsp3) is 0.462. The Hall–Kier alpha value is -1.03. The number of rotatable bonds is 0. The van der Waals surface area contributed by atoms with E-state index in [9.17, 15) is 4.79 Å². The molecular formula is C13H16BrNO2. The molecule has 0 saturated heterocycles. The number of benzene rings is 1. The summed E-state index contributed by atoms with van der Waals surface area (Å²) < 4.78 is 6.89. The molecule has 92 valence electrons. The molecule has 1 aromatic rings. The lowest BCUT2D eigenvalue weighted by atomic mass is 10.1. The van der Waals surface area contributed by atoms with Crippen LogP contribution >= 0.6 is 15.9 Å². The lowest BCUT2D eigenvalue weighted by molar-refractivity contribution is -0.119. The Bertz CT molecular complexity index is 485. The van der Waals surface area contributed by atoms with Crippen molar-refractivity contribution < 1.29 is 9.53 Å². The quantitative estimate of drug-likeness (QED) is 0.736. The highest BCUT2D eigenvalue weighted by atomic mass is 79.9. The maximum atomic E-state index is 12.0. The number of aryl methyl sites for hydroxylation is 1. The van der Waals surface area contributed by atoms with Crippen molar-refractivity contribution in [3.63, 3.8) is 0 Å². The smallest absolute Gasteiger partial charge is 0.230 e. The third kappa shape index (κ3) is 2.06. The lowest BCUT2D eigenvalue weighted by Gasteiger charge is -2.21. The first-order valence-corrected chi connectivity index (χ1v) is 6.44. The second-order valence-corrected chi connectivity index (χ2v) is 5.42. The molecule has 0 bridgehead atoms. The van der Waals surface area contributed by atoms with E-state index in [4.69, 9.17) is 4.74 Å². The van der Waals surface area contributed by atoms with E-state index in [0.29, 0.717) is 6.42 Å². The van der Waals surface area contributed by atoms with Crippen LogP contribution in [0.2, 0.25) is 0 Å². The van der Waals surface area contributed by atoms with Crippen LogP contribution in [0.25, 0.3) is 0 Å². The summed E-state index contributed by atoms with van der Waals surface area (Å²) in [4.78, 5) is 13.7. The molecule has 0 N–H and O–H groups in total. The summed E-state index contributed by atoms with van der Waals surface area (Å²) in [6.07, 6.45) is 0.340. The number of halogens is 1. The van der Waals surface area contributed by atoms with Crippen LogP contribution in [0.15, 0.2) is 10.5 Å². The second-order valence-electron chi connectivity index (χ2n) is 4.56. The molecule has 0 spiro atoms. The summed E-state index contributed by atoms with van der Waals surface area (Å²) in [5.74, 6) is 0.920. The van der Waals surface area contributed by atoms with Gasteiger partial charge in [-0.25, -0.2) is 0 Å². The molecule has 17 heavy (non-hydrogen) atoms. The Morgan fingerprint density at radius 1 is 1.47 bits per heavy atom.